The zero-order valence-electron chi connectivity index (χ0n) is 11.9. The molecule has 2 unspecified atom stereocenters. The summed E-state index contributed by atoms with van der Waals surface area (Å²) in [5, 5.41) is 3.44. The van der Waals surface area contributed by atoms with E-state index in [-0.39, 0.29) is 18.0 Å². The Hall–Kier alpha value is -0.450. The zero-order valence-corrected chi connectivity index (χ0v) is 13.5. The maximum absolute atomic E-state index is 13.8. The van der Waals surface area contributed by atoms with Crippen LogP contribution in [0.4, 0.5) is 4.39 Å². The first-order valence-corrected chi connectivity index (χ1v) is 7.66. The van der Waals surface area contributed by atoms with Crippen molar-refractivity contribution < 1.29 is 9.13 Å². The summed E-state index contributed by atoms with van der Waals surface area (Å²) < 4.78 is 20.4. The summed E-state index contributed by atoms with van der Waals surface area (Å²) in [6.07, 6.45) is 1.75. The van der Waals surface area contributed by atoms with E-state index in [4.69, 9.17) is 4.74 Å². The highest BCUT2D eigenvalue weighted by atomic mass is 79.9. The molecule has 0 fully saturated rings. The minimum Gasteiger partial charge on any atom is -0.377 e. The van der Waals surface area contributed by atoms with Gasteiger partial charge in [-0.1, -0.05) is 22.9 Å². The maximum atomic E-state index is 13.8. The molecule has 1 aromatic carbocycles. The van der Waals surface area contributed by atoms with Gasteiger partial charge < -0.3 is 10.1 Å². The van der Waals surface area contributed by atoms with Crippen molar-refractivity contribution in [1.82, 2.24) is 5.32 Å². The van der Waals surface area contributed by atoms with Gasteiger partial charge in [-0.3, -0.25) is 0 Å². The highest BCUT2D eigenvalue weighted by molar-refractivity contribution is 9.10. The lowest BCUT2D eigenvalue weighted by molar-refractivity contribution is 0.0474. The molecule has 0 aliphatic rings. The molecule has 0 saturated heterocycles. The smallest absolute Gasteiger partial charge is 0.126 e. The quantitative estimate of drug-likeness (QED) is 0.779. The number of benzene rings is 1. The van der Waals surface area contributed by atoms with Gasteiger partial charge in [0.1, 0.15) is 5.82 Å². The zero-order chi connectivity index (χ0) is 14.3. The van der Waals surface area contributed by atoms with Crippen LogP contribution in [0.1, 0.15) is 32.8 Å². The summed E-state index contributed by atoms with van der Waals surface area (Å²) in [7, 11) is 0. The summed E-state index contributed by atoms with van der Waals surface area (Å²) in [6.45, 7) is 7.72. The van der Waals surface area contributed by atoms with Gasteiger partial charge in [-0.25, -0.2) is 4.39 Å². The van der Waals surface area contributed by atoms with E-state index < -0.39 is 0 Å². The second-order valence-corrected chi connectivity index (χ2v) is 5.58. The third kappa shape index (κ3) is 5.59. The lowest BCUT2D eigenvalue weighted by Gasteiger charge is -2.25. The van der Waals surface area contributed by atoms with Crippen LogP contribution in [0.3, 0.4) is 0 Å². The highest BCUT2D eigenvalue weighted by Gasteiger charge is 2.19. The number of ether oxygens (including phenoxy) is 1. The van der Waals surface area contributed by atoms with Crippen LogP contribution in [-0.2, 0) is 11.2 Å². The Morgan fingerprint density at radius 2 is 2.11 bits per heavy atom. The van der Waals surface area contributed by atoms with Crippen molar-refractivity contribution in [3.63, 3.8) is 0 Å². The predicted octanol–water partition coefficient (Wildman–Crippen LogP) is 3.92. The Morgan fingerprint density at radius 3 is 2.74 bits per heavy atom. The van der Waals surface area contributed by atoms with Crippen LogP contribution in [0.15, 0.2) is 22.7 Å². The Bertz CT molecular complexity index is 386. The topological polar surface area (TPSA) is 21.3 Å². The van der Waals surface area contributed by atoms with E-state index in [9.17, 15) is 4.39 Å². The number of hydrogen-bond donors (Lipinski definition) is 1. The number of hydrogen-bond acceptors (Lipinski definition) is 2. The van der Waals surface area contributed by atoms with Gasteiger partial charge in [0.05, 0.1) is 6.10 Å². The third-order valence-electron chi connectivity index (χ3n) is 3.10. The van der Waals surface area contributed by atoms with Gasteiger partial charge in [-0.05, 0) is 57.0 Å². The predicted molar refractivity (Wildman–Crippen MR) is 81.0 cm³/mol. The van der Waals surface area contributed by atoms with Crippen molar-refractivity contribution in [2.24, 2.45) is 0 Å². The van der Waals surface area contributed by atoms with E-state index in [1.807, 2.05) is 19.9 Å². The first-order chi connectivity index (χ1) is 9.08. The van der Waals surface area contributed by atoms with Crippen molar-refractivity contribution in [3.8, 4) is 0 Å². The fourth-order valence-electron chi connectivity index (χ4n) is 2.05. The van der Waals surface area contributed by atoms with Crippen molar-refractivity contribution in [1.29, 1.82) is 0 Å². The van der Waals surface area contributed by atoms with E-state index in [0.29, 0.717) is 13.0 Å². The van der Waals surface area contributed by atoms with E-state index in [0.717, 1.165) is 23.0 Å². The second-order valence-electron chi connectivity index (χ2n) is 4.66. The van der Waals surface area contributed by atoms with Gasteiger partial charge >= 0.3 is 0 Å². The Labute approximate surface area is 123 Å². The molecule has 2 nitrogen and oxygen atoms in total. The number of halogens is 2. The molecular weight excluding hydrogens is 309 g/mol. The average molecular weight is 332 g/mol. The second kappa shape index (κ2) is 8.67. The molecule has 108 valence electrons. The maximum Gasteiger partial charge on any atom is 0.126 e. The van der Waals surface area contributed by atoms with Crippen molar-refractivity contribution in [2.45, 2.75) is 45.8 Å². The molecule has 1 N–H and O–H groups in total. The molecule has 1 rings (SSSR count). The third-order valence-corrected chi connectivity index (χ3v) is 3.59. The summed E-state index contributed by atoms with van der Waals surface area (Å²) in [4.78, 5) is 0. The minimum atomic E-state index is -0.157. The molecule has 2 atom stereocenters. The molecule has 0 aliphatic carbocycles. The SMILES string of the molecule is CCCNC(Cc1cc(Br)ccc1F)C(C)OCC. The highest BCUT2D eigenvalue weighted by Crippen LogP contribution is 2.18. The minimum absolute atomic E-state index is 0.0648. The molecule has 0 aromatic heterocycles. The molecule has 1 aromatic rings. The molecule has 0 amide bonds. The first-order valence-electron chi connectivity index (χ1n) is 6.87. The van der Waals surface area contributed by atoms with Crippen molar-refractivity contribution >= 4 is 15.9 Å². The van der Waals surface area contributed by atoms with E-state index in [1.165, 1.54) is 6.07 Å². The molecule has 0 bridgehead atoms. The van der Waals surface area contributed by atoms with E-state index in [2.05, 4.69) is 28.2 Å². The van der Waals surface area contributed by atoms with Crippen molar-refractivity contribution in [2.75, 3.05) is 13.2 Å². The lowest BCUT2D eigenvalue weighted by atomic mass is 10.0. The standard InChI is InChI=1S/C15H23BrFNO/c1-4-8-18-15(11(3)19-5-2)10-12-9-13(16)6-7-14(12)17/h6-7,9,11,15,18H,4-5,8,10H2,1-3H3. The Balaban J connectivity index is 2.77. The molecule has 0 heterocycles. The van der Waals surface area contributed by atoms with E-state index in [1.54, 1.807) is 6.07 Å². The van der Waals surface area contributed by atoms with Gasteiger partial charge in [0.25, 0.3) is 0 Å². The van der Waals surface area contributed by atoms with E-state index >= 15 is 0 Å². The molecule has 0 spiro atoms. The molecule has 0 aliphatic heterocycles. The van der Waals surface area contributed by atoms with Crippen LogP contribution in [0.25, 0.3) is 0 Å². The fraction of sp³-hybridized carbons (Fsp3) is 0.600. The molecule has 0 radical (unpaired) electrons. The normalized spacial score (nSPS) is 14.4. The molecule has 0 saturated carbocycles. The summed E-state index contributed by atoms with van der Waals surface area (Å²) in [6, 6.07) is 5.19. The van der Waals surface area contributed by atoms with Crippen LogP contribution >= 0.6 is 15.9 Å². The average Bonchev–Trinajstić information content (AvgIpc) is 2.38. The monoisotopic (exact) mass is 331 g/mol. The van der Waals surface area contributed by atoms with Gasteiger partial charge in [0.2, 0.25) is 0 Å². The van der Waals surface area contributed by atoms with Gasteiger partial charge in [-0.2, -0.15) is 0 Å². The molecular formula is C15H23BrFNO. The van der Waals surface area contributed by atoms with Crippen LogP contribution in [0.5, 0.6) is 0 Å². The number of nitrogens with one attached hydrogen (secondary N) is 1. The Kier molecular flexibility index (Phi) is 7.57. The summed E-state index contributed by atoms with van der Waals surface area (Å²) in [5.74, 6) is -0.157. The largest absolute Gasteiger partial charge is 0.377 e. The van der Waals surface area contributed by atoms with Crippen LogP contribution in [0, 0.1) is 5.82 Å². The Morgan fingerprint density at radius 1 is 1.37 bits per heavy atom. The number of rotatable bonds is 8. The van der Waals surface area contributed by atoms with Gasteiger partial charge in [0, 0.05) is 17.1 Å². The van der Waals surface area contributed by atoms with Gasteiger partial charge in [-0.15, -0.1) is 0 Å². The lowest BCUT2D eigenvalue weighted by Crippen LogP contribution is -2.42. The molecule has 4 heteroatoms. The van der Waals surface area contributed by atoms with Crippen LogP contribution in [-0.4, -0.2) is 25.3 Å². The fourth-order valence-corrected chi connectivity index (χ4v) is 2.46. The van der Waals surface area contributed by atoms with Crippen molar-refractivity contribution in [3.05, 3.63) is 34.1 Å². The van der Waals surface area contributed by atoms with Gasteiger partial charge in [0.15, 0.2) is 0 Å². The summed E-state index contributed by atoms with van der Waals surface area (Å²) >= 11 is 3.39. The summed E-state index contributed by atoms with van der Waals surface area (Å²) in [5.41, 5.74) is 0.717. The molecule has 19 heavy (non-hydrogen) atoms. The van der Waals surface area contributed by atoms with Crippen LogP contribution in [0.2, 0.25) is 0 Å². The first kappa shape index (κ1) is 16.6. The van der Waals surface area contributed by atoms with Crippen LogP contribution < -0.4 is 5.32 Å².